The molecule has 0 aliphatic carbocycles. The number of amidine groups is 1. The van der Waals surface area contributed by atoms with Crippen molar-refractivity contribution in [3.63, 3.8) is 0 Å². The summed E-state index contributed by atoms with van der Waals surface area (Å²) in [7, 11) is 0. The molecule has 1 saturated heterocycles. The van der Waals surface area contributed by atoms with E-state index >= 15 is 0 Å². The standard InChI is InChI=1S/C12H22N4/c1-10(2)14-11(3)15-12(13)16-8-6-4-5-7-9-16/h1,4-9H2,2-3H3,(H2,13,14,15). The molecular weight excluding hydrogens is 200 g/mol. The molecule has 0 aromatic rings. The summed E-state index contributed by atoms with van der Waals surface area (Å²) in [5.41, 5.74) is 0.852. The van der Waals surface area contributed by atoms with Gasteiger partial charge in [-0.1, -0.05) is 19.4 Å². The molecule has 1 heterocycles. The van der Waals surface area contributed by atoms with Crippen LogP contribution in [-0.2, 0) is 0 Å². The predicted molar refractivity (Wildman–Crippen MR) is 68.8 cm³/mol. The van der Waals surface area contributed by atoms with Crippen LogP contribution in [0.5, 0.6) is 0 Å². The van der Waals surface area contributed by atoms with E-state index in [0.29, 0.717) is 5.96 Å². The van der Waals surface area contributed by atoms with E-state index < -0.39 is 0 Å². The molecule has 0 spiro atoms. The second-order valence-electron chi connectivity index (χ2n) is 4.33. The number of hydrogen-bond donors (Lipinski definition) is 2. The Morgan fingerprint density at radius 2 is 1.75 bits per heavy atom. The van der Waals surface area contributed by atoms with E-state index in [0.717, 1.165) is 24.6 Å². The monoisotopic (exact) mass is 222 g/mol. The highest BCUT2D eigenvalue weighted by molar-refractivity contribution is 5.94. The number of rotatable bonds is 1. The highest BCUT2D eigenvalue weighted by Gasteiger charge is 2.11. The first-order valence-corrected chi connectivity index (χ1v) is 5.91. The number of guanidine groups is 1. The molecule has 0 amide bonds. The Bertz CT molecular complexity index is 285. The van der Waals surface area contributed by atoms with E-state index in [9.17, 15) is 0 Å². The van der Waals surface area contributed by atoms with Crippen LogP contribution >= 0.6 is 0 Å². The normalized spacial score (nSPS) is 17.9. The molecule has 0 saturated carbocycles. The van der Waals surface area contributed by atoms with Gasteiger partial charge in [-0.15, -0.1) is 0 Å². The van der Waals surface area contributed by atoms with Gasteiger partial charge >= 0.3 is 0 Å². The van der Waals surface area contributed by atoms with Gasteiger partial charge in [0.05, 0.1) is 0 Å². The fourth-order valence-corrected chi connectivity index (χ4v) is 1.85. The van der Waals surface area contributed by atoms with Gasteiger partial charge in [0.1, 0.15) is 5.84 Å². The van der Waals surface area contributed by atoms with Crippen molar-refractivity contribution in [1.29, 1.82) is 5.41 Å². The lowest BCUT2D eigenvalue weighted by Crippen LogP contribution is -2.32. The van der Waals surface area contributed by atoms with Crippen molar-refractivity contribution in [3.8, 4) is 0 Å². The molecule has 1 aliphatic rings. The van der Waals surface area contributed by atoms with Crippen molar-refractivity contribution < 1.29 is 0 Å². The lowest BCUT2D eigenvalue weighted by molar-refractivity contribution is 0.428. The predicted octanol–water partition coefficient (Wildman–Crippen LogP) is 2.34. The molecule has 1 rings (SSSR count). The summed E-state index contributed by atoms with van der Waals surface area (Å²) < 4.78 is 0. The van der Waals surface area contributed by atoms with E-state index in [4.69, 9.17) is 5.41 Å². The van der Waals surface area contributed by atoms with Crippen molar-refractivity contribution in [3.05, 3.63) is 12.3 Å². The Morgan fingerprint density at radius 1 is 1.19 bits per heavy atom. The summed E-state index contributed by atoms with van der Waals surface area (Å²) in [6.07, 6.45) is 4.89. The van der Waals surface area contributed by atoms with Crippen molar-refractivity contribution in [2.75, 3.05) is 13.1 Å². The Balaban J connectivity index is 2.52. The Labute approximate surface area is 97.9 Å². The average Bonchev–Trinajstić information content (AvgIpc) is 2.43. The third-order valence-corrected chi connectivity index (χ3v) is 2.57. The topological polar surface area (TPSA) is 51.5 Å². The van der Waals surface area contributed by atoms with E-state index in [-0.39, 0.29) is 0 Å². The zero-order valence-corrected chi connectivity index (χ0v) is 10.3. The molecule has 1 fully saturated rings. The lowest BCUT2D eigenvalue weighted by atomic mass is 10.2. The van der Waals surface area contributed by atoms with Crippen LogP contribution in [0.2, 0.25) is 0 Å². The molecule has 4 heteroatoms. The second kappa shape index (κ2) is 6.30. The van der Waals surface area contributed by atoms with Crippen LogP contribution in [0.3, 0.4) is 0 Å². The Hall–Kier alpha value is -1.32. The number of allylic oxidation sites excluding steroid dienone is 1. The molecule has 90 valence electrons. The van der Waals surface area contributed by atoms with Gasteiger partial charge in [-0.2, -0.15) is 0 Å². The molecule has 0 radical (unpaired) electrons. The van der Waals surface area contributed by atoms with Gasteiger partial charge in [-0.3, -0.25) is 5.41 Å². The van der Waals surface area contributed by atoms with Gasteiger partial charge < -0.3 is 10.2 Å². The third kappa shape index (κ3) is 4.47. The molecule has 4 nitrogen and oxygen atoms in total. The highest BCUT2D eigenvalue weighted by Crippen LogP contribution is 2.10. The maximum atomic E-state index is 7.92. The summed E-state index contributed by atoms with van der Waals surface area (Å²) in [6.45, 7) is 9.42. The van der Waals surface area contributed by atoms with Crippen LogP contribution in [0.25, 0.3) is 0 Å². The van der Waals surface area contributed by atoms with Crippen LogP contribution in [0.15, 0.2) is 17.3 Å². The first kappa shape index (κ1) is 12.7. The number of aliphatic imine (C=N–C) groups is 1. The van der Waals surface area contributed by atoms with Crippen molar-refractivity contribution in [2.45, 2.75) is 39.5 Å². The minimum absolute atomic E-state index is 0.369. The van der Waals surface area contributed by atoms with Gasteiger partial charge in [-0.05, 0) is 26.7 Å². The molecule has 16 heavy (non-hydrogen) atoms. The van der Waals surface area contributed by atoms with E-state index in [1.54, 1.807) is 0 Å². The van der Waals surface area contributed by atoms with Crippen LogP contribution in [0.1, 0.15) is 39.5 Å². The summed E-state index contributed by atoms with van der Waals surface area (Å²) in [5, 5.41) is 10.9. The SMILES string of the molecule is C=C(C)NC(C)=NC(=N)N1CCCCCC1. The highest BCUT2D eigenvalue weighted by atomic mass is 15.3. The number of nitrogens with zero attached hydrogens (tertiary/aromatic N) is 2. The van der Waals surface area contributed by atoms with Crippen molar-refractivity contribution in [2.24, 2.45) is 4.99 Å². The quantitative estimate of drug-likeness (QED) is 0.528. The fourth-order valence-electron chi connectivity index (χ4n) is 1.85. The Kier molecular flexibility index (Phi) is 5.02. The number of nitrogens with one attached hydrogen (secondary N) is 2. The fraction of sp³-hybridized carbons (Fsp3) is 0.667. The van der Waals surface area contributed by atoms with Crippen LogP contribution < -0.4 is 5.32 Å². The number of hydrogen-bond acceptors (Lipinski definition) is 1. The van der Waals surface area contributed by atoms with Crippen LogP contribution in [-0.4, -0.2) is 29.8 Å². The zero-order valence-electron chi connectivity index (χ0n) is 10.3. The van der Waals surface area contributed by atoms with E-state index in [2.05, 4.69) is 21.8 Å². The van der Waals surface area contributed by atoms with Crippen LogP contribution in [0.4, 0.5) is 0 Å². The minimum Gasteiger partial charge on any atom is -0.348 e. The lowest BCUT2D eigenvalue weighted by Gasteiger charge is -2.20. The van der Waals surface area contributed by atoms with Gasteiger partial charge in [-0.25, -0.2) is 4.99 Å². The smallest absolute Gasteiger partial charge is 0.219 e. The molecule has 0 aromatic heterocycles. The molecule has 0 bridgehead atoms. The minimum atomic E-state index is 0.369. The van der Waals surface area contributed by atoms with E-state index in [1.165, 1.54) is 25.7 Å². The second-order valence-corrected chi connectivity index (χ2v) is 4.33. The molecule has 0 atom stereocenters. The van der Waals surface area contributed by atoms with Crippen molar-refractivity contribution >= 4 is 11.8 Å². The molecule has 0 aromatic carbocycles. The van der Waals surface area contributed by atoms with Gasteiger partial charge in [0, 0.05) is 18.8 Å². The maximum absolute atomic E-state index is 7.92. The summed E-state index contributed by atoms with van der Waals surface area (Å²) in [6, 6.07) is 0. The zero-order chi connectivity index (χ0) is 12.0. The van der Waals surface area contributed by atoms with Crippen molar-refractivity contribution in [1.82, 2.24) is 10.2 Å². The first-order valence-electron chi connectivity index (χ1n) is 5.91. The van der Waals surface area contributed by atoms with Gasteiger partial charge in [0.2, 0.25) is 5.96 Å². The molecule has 2 N–H and O–H groups in total. The Morgan fingerprint density at radius 3 is 2.25 bits per heavy atom. The molecule has 0 unspecified atom stereocenters. The number of likely N-dealkylation sites (tertiary alicyclic amines) is 1. The average molecular weight is 222 g/mol. The molecule has 1 aliphatic heterocycles. The van der Waals surface area contributed by atoms with Crippen LogP contribution in [0, 0.1) is 5.41 Å². The third-order valence-electron chi connectivity index (χ3n) is 2.57. The summed E-state index contributed by atoms with van der Waals surface area (Å²) in [4.78, 5) is 6.29. The summed E-state index contributed by atoms with van der Waals surface area (Å²) in [5.74, 6) is 1.11. The van der Waals surface area contributed by atoms with Gasteiger partial charge in [0.25, 0.3) is 0 Å². The first-order chi connectivity index (χ1) is 7.59. The largest absolute Gasteiger partial charge is 0.348 e. The van der Waals surface area contributed by atoms with Gasteiger partial charge in [0.15, 0.2) is 0 Å². The van der Waals surface area contributed by atoms with E-state index in [1.807, 2.05) is 13.8 Å². The molecular formula is C12H22N4. The summed E-state index contributed by atoms with van der Waals surface area (Å²) >= 11 is 0. The maximum Gasteiger partial charge on any atom is 0.219 e.